The predicted molar refractivity (Wildman–Crippen MR) is 141 cm³/mol. The Labute approximate surface area is 231 Å². The van der Waals surface area contributed by atoms with E-state index in [-0.39, 0.29) is 34.5 Å². The lowest BCUT2D eigenvalue weighted by Gasteiger charge is -2.50. The molecule has 0 spiro atoms. The number of thioether (sulfide) groups is 2. The zero-order valence-corrected chi connectivity index (χ0v) is 23.2. The number of fused-ring (bicyclic) bond motifs is 1. The standard InChI is InChI=1S/C21H26N8O7S3/c1-28(2)39(35,36)8-7-13(38-21-24-26-27-25-21)12-9-37-19-15(18(32)29(19)16(12)20(33)34)23-17(31)14(22)10-3-5-11(30)6-4-10/h3-6,13-15,19,30H,7-9,22H2,1-2H3,(H,23,31)(H,33,34)(H,24,25,26,27)/t13?,14?,15?,19-/m0/s1. The van der Waals surface area contributed by atoms with Crippen LogP contribution in [0.5, 0.6) is 5.75 Å². The van der Waals surface area contributed by atoms with Gasteiger partial charge in [0.05, 0.1) is 5.75 Å². The van der Waals surface area contributed by atoms with Crippen LogP contribution in [0.15, 0.2) is 40.7 Å². The number of phenols is 1. The molecule has 0 bridgehead atoms. The molecule has 4 atom stereocenters. The number of β-lactam (4-membered cyclic amide) rings is 1. The molecule has 4 rings (SSSR count). The highest BCUT2D eigenvalue weighted by molar-refractivity contribution is 8.01. The van der Waals surface area contributed by atoms with Crippen molar-refractivity contribution in [3.05, 3.63) is 41.1 Å². The number of benzene rings is 1. The summed E-state index contributed by atoms with van der Waals surface area (Å²) in [6.45, 7) is 0. The summed E-state index contributed by atoms with van der Waals surface area (Å²) in [6.07, 6.45) is 0.0285. The molecule has 0 radical (unpaired) electrons. The van der Waals surface area contributed by atoms with Crippen molar-refractivity contribution in [2.45, 2.75) is 34.3 Å². The third-order valence-electron chi connectivity index (χ3n) is 6.19. The molecule has 210 valence electrons. The molecule has 2 amide bonds. The van der Waals surface area contributed by atoms with E-state index in [0.717, 1.165) is 21.0 Å². The average molecular weight is 599 g/mol. The molecular formula is C21H26N8O7S3. The number of carbonyl (C=O) groups excluding carboxylic acids is 2. The molecule has 3 unspecified atom stereocenters. The summed E-state index contributed by atoms with van der Waals surface area (Å²) in [7, 11) is -0.794. The van der Waals surface area contributed by atoms with E-state index >= 15 is 0 Å². The van der Waals surface area contributed by atoms with E-state index in [1.165, 1.54) is 50.1 Å². The lowest BCUT2D eigenvalue weighted by Crippen LogP contribution is -2.71. The van der Waals surface area contributed by atoms with Gasteiger partial charge in [0.15, 0.2) is 0 Å². The number of nitrogens with one attached hydrogen (secondary N) is 2. The fourth-order valence-corrected chi connectivity index (χ4v) is 7.62. The van der Waals surface area contributed by atoms with Crippen LogP contribution in [0, 0.1) is 0 Å². The second kappa shape index (κ2) is 11.5. The largest absolute Gasteiger partial charge is 0.508 e. The van der Waals surface area contributed by atoms with Gasteiger partial charge in [-0.05, 0) is 34.9 Å². The fraction of sp³-hybridized carbons (Fsp3) is 0.429. The number of sulfonamides is 1. The number of hydrogen-bond acceptors (Lipinski definition) is 12. The first-order chi connectivity index (χ1) is 18.4. The second-order valence-corrected chi connectivity index (χ2v) is 13.4. The SMILES string of the molecule is CN(C)S(=O)(=O)CCC(Sc1nn[nH]n1)C1=C(C(=O)O)N2C(=O)C(NC(=O)C(N)c3ccc(O)cc3)[C@@H]2SC1. The van der Waals surface area contributed by atoms with Gasteiger partial charge in [0.1, 0.15) is 28.9 Å². The summed E-state index contributed by atoms with van der Waals surface area (Å²) < 4.78 is 26.0. The van der Waals surface area contributed by atoms with Gasteiger partial charge in [0.2, 0.25) is 21.1 Å². The van der Waals surface area contributed by atoms with Crippen molar-refractivity contribution >= 4 is 51.3 Å². The van der Waals surface area contributed by atoms with Crippen LogP contribution >= 0.6 is 23.5 Å². The first-order valence-electron chi connectivity index (χ1n) is 11.5. The number of aliphatic carboxylic acids is 1. The summed E-state index contributed by atoms with van der Waals surface area (Å²) in [4.78, 5) is 39.4. The van der Waals surface area contributed by atoms with Crippen LogP contribution in [0.25, 0.3) is 0 Å². The minimum Gasteiger partial charge on any atom is -0.508 e. The lowest BCUT2D eigenvalue weighted by atomic mass is 9.99. The molecule has 2 aliphatic heterocycles. The van der Waals surface area contributed by atoms with Gasteiger partial charge in [-0.25, -0.2) is 17.5 Å². The van der Waals surface area contributed by atoms with Gasteiger partial charge in [-0.1, -0.05) is 23.9 Å². The highest BCUT2D eigenvalue weighted by Gasteiger charge is 2.55. The highest BCUT2D eigenvalue weighted by atomic mass is 32.2. The van der Waals surface area contributed by atoms with E-state index in [2.05, 4.69) is 25.9 Å². The maximum atomic E-state index is 13.1. The fourth-order valence-electron chi connectivity index (χ4n) is 4.04. The smallest absolute Gasteiger partial charge is 0.352 e. The normalized spacial score (nSPS) is 20.8. The Morgan fingerprint density at radius 1 is 1.33 bits per heavy atom. The zero-order chi connectivity index (χ0) is 28.5. The van der Waals surface area contributed by atoms with Crippen molar-refractivity contribution in [3.8, 4) is 5.75 Å². The van der Waals surface area contributed by atoms with Gasteiger partial charge in [-0.2, -0.15) is 5.21 Å². The topological polar surface area (TPSA) is 225 Å². The van der Waals surface area contributed by atoms with Gasteiger partial charge in [0.25, 0.3) is 5.91 Å². The van der Waals surface area contributed by atoms with E-state index in [1.807, 2.05) is 0 Å². The number of tetrazole rings is 1. The molecule has 0 aliphatic carbocycles. The van der Waals surface area contributed by atoms with Crippen molar-refractivity contribution in [1.82, 2.24) is 35.1 Å². The van der Waals surface area contributed by atoms with Gasteiger partial charge in [0, 0.05) is 25.1 Å². The molecule has 0 saturated carbocycles. The van der Waals surface area contributed by atoms with Gasteiger partial charge in [-0.3, -0.25) is 14.5 Å². The van der Waals surface area contributed by atoms with Gasteiger partial charge >= 0.3 is 5.97 Å². The molecule has 15 nitrogen and oxygen atoms in total. The maximum absolute atomic E-state index is 13.1. The average Bonchev–Trinajstić information content (AvgIpc) is 3.41. The second-order valence-electron chi connectivity index (χ2n) is 8.83. The zero-order valence-electron chi connectivity index (χ0n) is 20.7. The number of carbonyl (C=O) groups is 3. The van der Waals surface area contributed by atoms with Crippen molar-refractivity contribution < 1.29 is 33.0 Å². The van der Waals surface area contributed by atoms with Gasteiger partial charge < -0.3 is 21.3 Å². The van der Waals surface area contributed by atoms with E-state index < -0.39 is 50.5 Å². The molecule has 3 heterocycles. The van der Waals surface area contributed by atoms with E-state index in [0.29, 0.717) is 11.1 Å². The number of nitrogens with two attached hydrogens (primary N) is 1. The van der Waals surface area contributed by atoms with Crippen molar-refractivity contribution in [2.75, 3.05) is 25.6 Å². The Balaban J connectivity index is 1.56. The third-order valence-corrected chi connectivity index (χ3v) is 10.5. The molecule has 2 aliphatic rings. The van der Waals surface area contributed by atoms with Crippen LogP contribution in [-0.2, 0) is 24.4 Å². The molecule has 1 fully saturated rings. The number of amides is 2. The third kappa shape index (κ3) is 6.03. The number of aromatic nitrogens is 4. The summed E-state index contributed by atoms with van der Waals surface area (Å²) in [5, 5.41) is 34.5. The molecule has 39 heavy (non-hydrogen) atoms. The van der Waals surface area contributed by atoms with Crippen LogP contribution < -0.4 is 11.1 Å². The summed E-state index contributed by atoms with van der Waals surface area (Å²) >= 11 is 2.29. The number of carboxylic acid groups (broad SMARTS) is 1. The minimum absolute atomic E-state index is 0.00804. The number of aromatic hydroxyl groups is 1. The predicted octanol–water partition coefficient (Wildman–Crippen LogP) is -0.914. The number of nitrogens with zero attached hydrogens (tertiary/aromatic N) is 5. The molecule has 18 heteroatoms. The molecule has 1 aromatic heterocycles. The minimum atomic E-state index is -3.60. The van der Waals surface area contributed by atoms with Crippen molar-refractivity contribution in [3.63, 3.8) is 0 Å². The number of carboxylic acids is 1. The van der Waals surface area contributed by atoms with Crippen LogP contribution in [0.3, 0.4) is 0 Å². The van der Waals surface area contributed by atoms with Crippen LogP contribution in [-0.4, -0.2) is 109 Å². The molecule has 1 saturated heterocycles. The first kappa shape index (κ1) is 28.8. The number of aromatic amines is 1. The lowest BCUT2D eigenvalue weighted by molar-refractivity contribution is -0.150. The number of rotatable bonds is 11. The quantitative estimate of drug-likeness (QED) is 0.156. The number of H-pyrrole nitrogens is 1. The van der Waals surface area contributed by atoms with Crippen LogP contribution in [0.1, 0.15) is 18.0 Å². The summed E-state index contributed by atoms with van der Waals surface area (Å²) in [5.41, 5.74) is 6.52. The molecular weight excluding hydrogens is 572 g/mol. The Morgan fingerprint density at radius 2 is 2.03 bits per heavy atom. The van der Waals surface area contributed by atoms with Gasteiger partial charge in [-0.15, -0.1) is 22.0 Å². The maximum Gasteiger partial charge on any atom is 0.352 e. The monoisotopic (exact) mass is 598 g/mol. The Bertz CT molecular complexity index is 1380. The Kier molecular flexibility index (Phi) is 8.50. The first-order valence-corrected chi connectivity index (χ1v) is 15.0. The van der Waals surface area contributed by atoms with E-state index in [1.54, 1.807) is 0 Å². The Hall–Kier alpha value is -3.19. The van der Waals surface area contributed by atoms with Crippen molar-refractivity contribution in [1.29, 1.82) is 0 Å². The highest BCUT2D eigenvalue weighted by Crippen LogP contribution is 2.44. The Morgan fingerprint density at radius 3 is 2.62 bits per heavy atom. The van der Waals surface area contributed by atoms with E-state index in [9.17, 15) is 33.0 Å². The number of phenolic OH excluding ortho intramolecular Hbond substituents is 1. The summed E-state index contributed by atoms with van der Waals surface area (Å²) in [5.74, 6) is -2.73. The van der Waals surface area contributed by atoms with Crippen LogP contribution in [0.4, 0.5) is 0 Å². The molecule has 1 aromatic carbocycles. The van der Waals surface area contributed by atoms with Crippen molar-refractivity contribution in [2.24, 2.45) is 5.73 Å². The number of hydrogen-bond donors (Lipinski definition) is 5. The molecule has 6 N–H and O–H groups in total. The van der Waals surface area contributed by atoms with E-state index in [4.69, 9.17) is 5.73 Å². The molecule has 2 aromatic rings. The van der Waals surface area contributed by atoms with Crippen LogP contribution in [0.2, 0.25) is 0 Å². The summed E-state index contributed by atoms with van der Waals surface area (Å²) in [6, 6.07) is 3.63.